The molecule has 1 aromatic heterocycles. The molecule has 0 unspecified atom stereocenters. The van der Waals surface area contributed by atoms with E-state index in [1.165, 1.54) is 0 Å². The third kappa shape index (κ3) is 1.91. The zero-order valence-electron chi connectivity index (χ0n) is 10.1. The van der Waals surface area contributed by atoms with Crippen molar-refractivity contribution >= 4 is 22.5 Å². The van der Waals surface area contributed by atoms with Gasteiger partial charge in [0.2, 0.25) is 5.28 Å². The van der Waals surface area contributed by atoms with Crippen LogP contribution in [0.2, 0.25) is 5.28 Å². The highest BCUT2D eigenvalue weighted by molar-refractivity contribution is 6.28. The fourth-order valence-corrected chi connectivity index (χ4v) is 2.44. The molecule has 0 saturated carbocycles. The van der Waals surface area contributed by atoms with Gasteiger partial charge in [0.25, 0.3) is 5.56 Å². The molecule has 1 aromatic carbocycles. The molecule has 0 amide bonds. The van der Waals surface area contributed by atoms with E-state index < -0.39 is 0 Å². The third-order valence-electron chi connectivity index (χ3n) is 3.37. The van der Waals surface area contributed by atoms with E-state index in [9.17, 15) is 4.79 Å². The van der Waals surface area contributed by atoms with Gasteiger partial charge in [-0.15, -0.1) is 0 Å². The van der Waals surface area contributed by atoms with Crippen LogP contribution in [-0.4, -0.2) is 22.6 Å². The van der Waals surface area contributed by atoms with Crippen molar-refractivity contribution in [3.63, 3.8) is 0 Å². The summed E-state index contributed by atoms with van der Waals surface area (Å²) in [5, 5.41) is 4.11. The van der Waals surface area contributed by atoms with Crippen LogP contribution in [0.1, 0.15) is 5.56 Å². The standard InChI is InChI=1S/C13H14ClN3O/c1-8-2-3-11-10(4-8)12(18)17(13(14)16-11)7-9-5-15-6-9/h2-4,9,15H,5-7H2,1H3. The maximum atomic E-state index is 12.4. The highest BCUT2D eigenvalue weighted by atomic mass is 35.5. The molecule has 1 aliphatic heterocycles. The lowest BCUT2D eigenvalue weighted by atomic mass is 10.0. The lowest BCUT2D eigenvalue weighted by molar-refractivity contribution is 0.303. The first-order valence-corrected chi connectivity index (χ1v) is 6.40. The fraction of sp³-hybridized carbons (Fsp3) is 0.385. The van der Waals surface area contributed by atoms with Crippen molar-refractivity contribution in [2.45, 2.75) is 13.5 Å². The summed E-state index contributed by atoms with van der Waals surface area (Å²) in [7, 11) is 0. The summed E-state index contributed by atoms with van der Waals surface area (Å²) < 4.78 is 1.58. The normalized spacial score (nSPS) is 15.9. The van der Waals surface area contributed by atoms with Crippen molar-refractivity contribution in [2.75, 3.05) is 13.1 Å². The quantitative estimate of drug-likeness (QED) is 0.837. The van der Waals surface area contributed by atoms with Gasteiger partial charge in [0.15, 0.2) is 0 Å². The second-order valence-corrected chi connectivity index (χ2v) is 5.18. The van der Waals surface area contributed by atoms with E-state index in [2.05, 4.69) is 10.3 Å². The van der Waals surface area contributed by atoms with E-state index in [1.54, 1.807) is 4.57 Å². The lowest BCUT2D eigenvalue weighted by Gasteiger charge is -2.27. The minimum absolute atomic E-state index is 0.0411. The Bertz CT molecular complexity index is 661. The van der Waals surface area contributed by atoms with Crippen LogP contribution < -0.4 is 10.9 Å². The number of halogens is 1. The lowest BCUT2D eigenvalue weighted by Crippen LogP contribution is -2.45. The zero-order valence-corrected chi connectivity index (χ0v) is 10.9. The van der Waals surface area contributed by atoms with Gasteiger partial charge in [-0.3, -0.25) is 9.36 Å². The number of benzene rings is 1. The summed E-state index contributed by atoms with van der Waals surface area (Å²) in [6.07, 6.45) is 0. The molecule has 1 saturated heterocycles. The molecule has 1 N–H and O–H groups in total. The first-order chi connectivity index (χ1) is 8.65. The monoisotopic (exact) mass is 263 g/mol. The minimum Gasteiger partial charge on any atom is -0.316 e. The summed E-state index contributed by atoms with van der Waals surface area (Å²) in [6, 6.07) is 5.65. The summed E-state index contributed by atoms with van der Waals surface area (Å²) in [6.45, 7) is 4.48. The van der Waals surface area contributed by atoms with Crippen molar-refractivity contribution in [2.24, 2.45) is 5.92 Å². The van der Waals surface area contributed by atoms with Gasteiger partial charge in [-0.1, -0.05) is 11.6 Å². The maximum absolute atomic E-state index is 12.4. The smallest absolute Gasteiger partial charge is 0.262 e. The molecule has 18 heavy (non-hydrogen) atoms. The Hall–Kier alpha value is -1.39. The molecule has 0 atom stereocenters. The van der Waals surface area contributed by atoms with Crippen LogP contribution in [0.3, 0.4) is 0 Å². The molecule has 0 aliphatic carbocycles. The van der Waals surface area contributed by atoms with Gasteiger partial charge >= 0.3 is 0 Å². The Labute approximate surface area is 110 Å². The van der Waals surface area contributed by atoms with Crippen molar-refractivity contribution in [1.29, 1.82) is 0 Å². The largest absolute Gasteiger partial charge is 0.316 e. The van der Waals surface area contributed by atoms with E-state index >= 15 is 0 Å². The Morgan fingerprint density at radius 1 is 1.50 bits per heavy atom. The molecule has 94 valence electrons. The van der Waals surface area contributed by atoms with Crippen molar-refractivity contribution < 1.29 is 0 Å². The number of aromatic nitrogens is 2. The molecule has 3 rings (SSSR count). The van der Waals surface area contributed by atoms with Gasteiger partial charge in [-0.25, -0.2) is 4.98 Å². The molecule has 1 fully saturated rings. The highest BCUT2D eigenvalue weighted by Crippen LogP contribution is 2.15. The summed E-state index contributed by atoms with van der Waals surface area (Å²) >= 11 is 6.10. The van der Waals surface area contributed by atoms with Gasteiger partial charge in [0.1, 0.15) is 0 Å². The Morgan fingerprint density at radius 3 is 2.94 bits per heavy atom. The van der Waals surface area contributed by atoms with E-state index in [0.29, 0.717) is 23.4 Å². The first kappa shape index (κ1) is 11.7. The molecule has 0 bridgehead atoms. The number of nitrogens with one attached hydrogen (secondary N) is 1. The summed E-state index contributed by atoms with van der Waals surface area (Å²) in [5.74, 6) is 0.476. The maximum Gasteiger partial charge on any atom is 0.262 e. The van der Waals surface area contributed by atoms with E-state index in [-0.39, 0.29) is 10.8 Å². The molecule has 2 aromatic rings. The number of hydrogen-bond acceptors (Lipinski definition) is 3. The minimum atomic E-state index is -0.0411. The van der Waals surface area contributed by atoms with Gasteiger partial charge in [-0.05, 0) is 30.7 Å². The first-order valence-electron chi connectivity index (χ1n) is 6.02. The number of nitrogens with zero attached hydrogens (tertiary/aromatic N) is 2. The molecule has 5 heteroatoms. The average Bonchev–Trinajstić information content (AvgIpc) is 2.28. The number of aryl methyl sites for hydroxylation is 1. The van der Waals surface area contributed by atoms with Crippen LogP contribution in [0.4, 0.5) is 0 Å². The summed E-state index contributed by atoms with van der Waals surface area (Å²) in [5.41, 5.74) is 1.68. The topological polar surface area (TPSA) is 46.9 Å². The highest BCUT2D eigenvalue weighted by Gasteiger charge is 2.20. The fourth-order valence-electron chi connectivity index (χ4n) is 2.20. The van der Waals surface area contributed by atoms with Gasteiger partial charge in [0, 0.05) is 25.6 Å². The number of hydrogen-bond donors (Lipinski definition) is 1. The van der Waals surface area contributed by atoms with Crippen LogP contribution in [0.5, 0.6) is 0 Å². The van der Waals surface area contributed by atoms with Crippen molar-refractivity contribution in [1.82, 2.24) is 14.9 Å². The van der Waals surface area contributed by atoms with E-state index in [4.69, 9.17) is 11.6 Å². The molecule has 2 heterocycles. The SMILES string of the molecule is Cc1ccc2nc(Cl)n(CC3CNC3)c(=O)c2c1. The van der Waals surface area contributed by atoms with Crippen LogP contribution >= 0.6 is 11.6 Å². The van der Waals surface area contributed by atoms with Crippen molar-refractivity contribution in [3.8, 4) is 0 Å². The third-order valence-corrected chi connectivity index (χ3v) is 3.66. The Kier molecular flexibility index (Phi) is 2.84. The molecule has 0 spiro atoms. The second-order valence-electron chi connectivity index (χ2n) is 4.84. The molecular weight excluding hydrogens is 250 g/mol. The molecule has 1 aliphatic rings. The van der Waals surface area contributed by atoms with Crippen LogP contribution in [0.25, 0.3) is 10.9 Å². The number of fused-ring (bicyclic) bond motifs is 1. The Morgan fingerprint density at radius 2 is 2.28 bits per heavy atom. The van der Waals surface area contributed by atoms with Crippen molar-refractivity contribution in [3.05, 3.63) is 39.4 Å². The van der Waals surface area contributed by atoms with Crippen LogP contribution in [-0.2, 0) is 6.54 Å². The predicted molar refractivity (Wildman–Crippen MR) is 72.1 cm³/mol. The summed E-state index contributed by atoms with van der Waals surface area (Å²) in [4.78, 5) is 16.7. The van der Waals surface area contributed by atoms with E-state index in [0.717, 1.165) is 18.7 Å². The zero-order chi connectivity index (χ0) is 12.7. The van der Waals surface area contributed by atoms with Gasteiger partial charge in [0.05, 0.1) is 10.9 Å². The average molecular weight is 264 g/mol. The Balaban J connectivity index is 2.15. The predicted octanol–water partition coefficient (Wildman–Crippen LogP) is 1.58. The van der Waals surface area contributed by atoms with E-state index in [1.807, 2.05) is 25.1 Å². The molecule has 4 nitrogen and oxygen atoms in total. The van der Waals surface area contributed by atoms with Gasteiger partial charge < -0.3 is 5.32 Å². The molecular formula is C13H14ClN3O. The van der Waals surface area contributed by atoms with Gasteiger partial charge in [-0.2, -0.15) is 0 Å². The second kappa shape index (κ2) is 4.37. The van der Waals surface area contributed by atoms with Crippen LogP contribution in [0, 0.1) is 12.8 Å². The van der Waals surface area contributed by atoms with Crippen LogP contribution in [0.15, 0.2) is 23.0 Å². The number of rotatable bonds is 2. The molecule has 0 radical (unpaired) electrons.